The van der Waals surface area contributed by atoms with Gasteiger partial charge in [-0.2, -0.15) is 4.98 Å². The summed E-state index contributed by atoms with van der Waals surface area (Å²) in [5.74, 6) is 1.69. The van der Waals surface area contributed by atoms with Gasteiger partial charge in [0.25, 0.3) is 15.9 Å². The predicted octanol–water partition coefficient (Wildman–Crippen LogP) is 2.70. The Morgan fingerprint density at radius 2 is 2.00 bits per heavy atom. The molecule has 0 atom stereocenters. The van der Waals surface area contributed by atoms with Crippen molar-refractivity contribution in [3.8, 4) is 34.5 Å². The zero-order valence-corrected chi connectivity index (χ0v) is 15.9. The van der Waals surface area contributed by atoms with Gasteiger partial charge in [-0.25, -0.2) is 13.1 Å². The Morgan fingerprint density at radius 3 is 2.70 bits per heavy atom. The summed E-state index contributed by atoms with van der Waals surface area (Å²) in [5.41, 5.74) is 0.653. The van der Waals surface area contributed by atoms with E-state index in [1.807, 2.05) is 6.92 Å². The van der Waals surface area contributed by atoms with Gasteiger partial charge in [0, 0.05) is 5.56 Å². The van der Waals surface area contributed by atoms with Crippen LogP contribution >= 0.6 is 0 Å². The summed E-state index contributed by atoms with van der Waals surface area (Å²) in [6.45, 7) is 2.60. The third-order valence-corrected chi connectivity index (χ3v) is 4.92. The van der Waals surface area contributed by atoms with Crippen LogP contribution in [0.5, 0.6) is 11.5 Å². The summed E-state index contributed by atoms with van der Waals surface area (Å²) in [7, 11) is -0.846. The lowest BCUT2D eigenvalue weighted by Gasteiger charge is -2.10. The maximum atomic E-state index is 11.8. The van der Waals surface area contributed by atoms with E-state index >= 15 is 0 Å². The molecule has 1 N–H and O–H groups in total. The van der Waals surface area contributed by atoms with E-state index in [2.05, 4.69) is 14.9 Å². The van der Waals surface area contributed by atoms with Crippen molar-refractivity contribution in [3.63, 3.8) is 0 Å². The fourth-order valence-electron chi connectivity index (χ4n) is 2.26. The van der Waals surface area contributed by atoms with Crippen molar-refractivity contribution >= 4 is 10.0 Å². The molecule has 0 fully saturated rings. The SMILES string of the molecule is CCCOc1ccc(-c2noc(-c3ccc(S(=O)(=O)NC)o3)n2)cc1OC. The lowest BCUT2D eigenvalue weighted by atomic mass is 10.2. The van der Waals surface area contributed by atoms with E-state index in [1.54, 1.807) is 25.3 Å². The van der Waals surface area contributed by atoms with Crippen LogP contribution in [0, 0.1) is 0 Å². The number of hydrogen-bond acceptors (Lipinski definition) is 8. The first-order chi connectivity index (χ1) is 13.0. The number of nitrogens with one attached hydrogen (secondary N) is 1. The van der Waals surface area contributed by atoms with Crippen LogP contribution in [0.15, 0.2) is 44.4 Å². The summed E-state index contributed by atoms with van der Waals surface area (Å²) in [6, 6.07) is 8.04. The molecule has 0 aliphatic rings. The number of nitrogens with zero attached hydrogens (tertiary/aromatic N) is 2. The molecule has 0 aliphatic carbocycles. The minimum Gasteiger partial charge on any atom is -0.493 e. The number of ether oxygens (including phenoxy) is 2. The number of aromatic nitrogens is 2. The van der Waals surface area contributed by atoms with Gasteiger partial charge in [-0.05, 0) is 43.8 Å². The first kappa shape index (κ1) is 18.9. The molecular weight excluding hydrogens is 374 g/mol. The molecule has 0 bridgehead atoms. The Kier molecular flexibility index (Phi) is 5.47. The van der Waals surface area contributed by atoms with Gasteiger partial charge in [0.15, 0.2) is 17.3 Å². The largest absolute Gasteiger partial charge is 0.493 e. The van der Waals surface area contributed by atoms with Crippen LogP contribution in [0.1, 0.15) is 13.3 Å². The quantitative estimate of drug-likeness (QED) is 0.621. The number of hydrogen-bond donors (Lipinski definition) is 1. The first-order valence-corrected chi connectivity index (χ1v) is 9.65. The summed E-state index contributed by atoms with van der Waals surface area (Å²) in [4.78, 5) is 4.26. The van der Waals surface area contributed by atoms with Crippen LogP contribution in [0.25, 0.3) is 23.0 Å². The molecule has 0 spiro atoms. The van der Waals surface area contributed by atoms with Crippen molar-refractivity contribution in [1.82, 2.24) is 14.9 Å². The normalized spacial score (nSPS) is 11.5. The van der Waals surface area contributed by atoms with E-state index in [-0.39, 0.29) is 16.7 Å². The average Bonchev–Trinajstić information content (AvgIpc) is 3.35. The standard InChI is InChI=1S/C17H19N3O6S/c1-4-9-24-12-6-5-11(10-14(12)23-3)16-19-17(26-20-16)13-7-8-15(25-13)27(21,22)18-2/h5-8,10,18H,4,9H2,1-3H3. The van der Waals surface area contributed by atoms with Crippen molar-refractivity contribution < 1.29 is 26.8 Å². The molecule has 144 valence electrons. The molecule has 0 saturated carbocycles. The van der Waals surface area contributed by atoms with Crippen molar-refractivity contribution in [1.29, 1.82) is 0 Å². The molecule has 0 amide bonds. The Bertz CT molecular complexity index is 1020. The topological polar surface area (TPSA) is 117 Å². The summed E-state index contributed by atoms with van der Waals surface area (Å²) >= 11 is 0. The zero-order chi connectivity index (χ0) is 19.4. The molecule has 2 aromatic heterocycles. The van der Waals surface area contributed by atoms with Crippen LogP contribution in [0.4, 0.5) is 0 Å². The van der Waals surface area contributed by atoms with Gasteiger partial charge in [-0.15, -0.1) is 0 Å². The maximum Gasteiger partial charge on any atom is 0.293 e. The number of rotatable bonds is 8. The molecule has 2 heterocycles. The number of sulfonamides is 1. The Hall–Kier alpha value is -2.85. The van der Waals surface area contributed by atoms with Crippen molar-refractivity contribution in [3.05, 3.63) is 30.3 Å². The van der Waals surface area contributed by atoms with Crippen molar-refractivity contribution in [2.45, 2.75) is 18.4 Å². The molecular formula is C17H19N3O6S. The fraction of sp³-hybridized carbons (Fsp3) is 0.294. The highest BCUT2D eigenvalue weighted by Gasteiger charge is 2.20. The van der Waals surface area contributed by atoms with Gasteiger partial charge in [0.05, 0.1) is 13.7 Å². The molecule has 10 heteroatoms. The van der Waals surface area contributed by atoms with E-state index in [1.165, 1.54) is 19.2 Å². The molecule has 0 radical (unpaired) electrons. The first-order valence-electron chi connectivity index (χ1n) is 8.17. The lowest BCUT2D eigenvalue weighted by molar-refractivity contribution is 0.294. The smallest absolute Gasteiger partial charge is 0.293 e. The maximum absolute atomic E-state index is 11.8. The summed E-state index contributed by atoms with van der Waals surface area (Å²) in [6.07, 6.45) is 0.882. The van der Waals surface area contributed by atoms with Gasteiger partial charge < -0.3 is 18.4 Å². The van der Waals surface area contributed by atoms with Crippen LogP contribution < -0.4 is 14.2 Å². The van der Waals surface area contributed by atoms with Gasteiger partial charge in [-0.1, -0.05) is 12.1 Å². The molecule has 0 aliphatic heterocycles. The summed E-state index contributed by atoms with van der Waals surface area (Å²) in [5, 5.41) is 3.68. The molecule has 3 rings (SSSR count). The van der Waals surface area contributed by atoms with E-state index in [4.69, 9.17) is 18.4 Å². The number of methoxy groups -OCH3 is 1. The molecule has 0 saturated heterocycles. The van der Waals surface area contributed by atoms with Crippen LogP contribution in [0.2, 0.25) is 0 Å². The van der Waals surface area contributed by atoms with Gasteiger partial charge in [0.2, 0.25) is 10.9 Å². The van der Waals surface area contributed by atoms with Crippen LogP contribution in [0.3, 0.4) is 0 Å². The average molecular weight is 393 g/mol. The van der Waals surface area contributed by atoms with Crippen molar-refractivity contribution in [2.75, 3.05) is 20.8 Å². The van der Waals surface area contributed by atoms with Gasteiger partial charge in [-0.3, -0.25) is 0 Å². The zero-order valence-electron chi connectivity index (χ0n) is 15.1. The molecule has 27 heavy (non-hydrogen) atoms. The highest BCUT2D eigenvalue weighted by Crippen LogP contribution is 2.32. The fourth-order valence-corrected chi connectivity index (χ4v) is 2.91. The van der Waals surface area contributed by atoms with Crippen LogP contribution in [-0.2, 0) is 10.0 Å². The highest BCUT2D eigenvalue weighted by atomic mass is 32.2. The van der Waals surface area contributed by atoms with Crippen molar-refractivity contribution in [2.24, 2.45) is 0 Å². The predicted molar refractivity (Wildman–Crippen MR) is 96.0 cm³/mol. The molecule has 3 aromatic rings. The Labute approximate surface area is 156 Å². The van der Waals surface area contributed by atoms with E-state index in [0.29, 0.717) is 29.5 Å². The molecule has 0 unspecified atom stereocenters. The second-order valence-electron chi connectivity index (χ2n) is 5.46. The van der Waals surface area contributed by atoms with E-state index in [9.17, 15) is 8.42 Å². The highest BCUT2D eigenvalue weighted by molar-refractivity contribution is 7.89. The Morgan fingerprint density at radius 1 is 1.19 bits per heavy atom. The third kappa shape index (κ3) is 3.96. The minimum atomic E-state index is -3.69. The minimum absolute atomic E-state index is 0.0628. The van der Waals surface area contributed by atoms with Gasteiger partial charge in [0.1, 0.15) is 0 Å². The third-order valence-electron chi connectivity index (χ3n) is 3.64. The van der Waals surface area contributed by atoms with E-state index in [0.717, 1.165) is 6.42 Å². The monoisotopic (exact) mass is 393 g/mol. The van der Waals surface area contributed by atoms with E-state index < -0.39 is 10.0 Å². The Balaban J connectivity index is 1.88. The second-order valence-corrected chi connectivity index (χ2v) is 7.28. The number of benzene rings is 1. The molecule has 1 aromatic carbocycles. The lowest BCUT2D eigenvalue weighted by Crippen LogP contribution is -2.17. The van der Waals surface area contributed by atoms with Crippen LogP contribution in [-0.4, -0.2) is 39.3 Å². The summed E-state index contributed by atoms with van der Waals surface area (Å²) < 4.78 is 47.1. The van der Waals surface area contributed by atoms with Gasteiger partial charge >= 0.3 is 0 Å². The second kappa shape index (κ2) is 7.80. The molecule has 9 nitrogen and oxygen atoms in total. The number of furan rings is 1.